The highest BCUT2D eigenvalue weighted by Gasteiger charge is 2.52. The van der Waals surface area contributed by atoms with E-state index in [4.69, 9.17) is 37.9 Å². The van der Waals surface area contributed by atoms with E-state index in [1.165, 1.54) is 66.8 Å². The molecule has 0 aromatic heterocycles. The molecular formula is C70H94N4O27. The van der Waals surface area contributed by atoms with E-state index in [2.05, 4.69) is 21.3 Å². The molecule has 3 saturated heterocycles. The number of rotatable bonds is 9. The summed E-state index contributed by atoms with van der Waals surface area (Å²) in [6, 6.07) is 14.0. The number of carbonyl (C=O) groups excluding carboxylic acids is 4. The third-order valence-electron chi connectivity index (χ3n) is 17.5. The van der Waals surface area contributed by atoms with Crippen LogP contribution in [0.1, 0.15) is 99.3 Å². The zero-order valence-electron chi connectivity index (χ0n) is 55.6. The van der Waals surface area contributed by atoms with Crippen molar-refractivity contribution in [2.45, 2.75) is 182 Å². The zero-order chi connectivity index (χ0) is 72.7. The summed E-state index contributed by atoms with van der Waals surface area (Å²) >= 11 is 0. The first-order valence-electron chi connectivity index (χ1n) is 33.9. The van der Waals surface area contributed by atoms with E-state index in [1.54, 1.807) is 18.2 Å². The van der Waals surface area contributed by atoms with Crippen LogP contribution in [0.5, 0.6) is 57.5 Å². The molecule has 19 N–H and O–H groups in total. The van der Waals surface area contributed by atoms with Crippen molar-refractivity contribution >= 4 is 35.5 Å². The van der Waals surface area contributed by atoms with E-state index in [1.807, 2.05) is 0 Å². The van der Waals surface area contributed by atoms with Gasteiger partial charge in [-0.1, -0.05) is 25.0 Å². The van der Waals surface area contributed by atoms with E-state index >= 15 is 0 Å². The monoisotopic (exact) mass is 1420 g/mol. The lowest BCUT2D eigenvalue weighted by Gasteiger charge is -2.45. The second-order valence-electron chi connectivity index (χ2n) is 25.1. The maximum Gasteiger partial charge on any atom is 0.243 e. The fourth-order valence-corrected chi connectivity index (χ4v) is 11.5. The smallest absolute Gasteiger partial charge is 0.243 e. The van der Waals surface area contributed by atoms with Gasteiger partial charge in [0.25, 0.3) is 0 Å². The second kappa shape index (κ2) is 39.1. The first kappa shape index (κ1) is 79.1. The Hall–Kier alpha value is -7.64. The number of aliphatic hydroxyl groups excluding tert-OH is 11. The number of nitrogens with one attached hydrogen (secondary N) is 4. The average molecular weight is 1420 g/mol. The van der Waals surface area contributed by atoms with Gasteiger partial charge in [0.2, 0.25) is 24.4 Å². The number of ether oxygens (including phenoxy) is 8. The molecule has 31 heteroatoms. The van der Waals surface area contributed by atoms with Crippen LogP contribution in [0, 0.1) is 0 Å². The molecule has 2 amide bonds. The molecular weight excluding hydrogens is 1330 g/mol. The summed E-state index contributed by atoms with van der Waals surface area (Å²) in [7, 11) is 0. The molecule has 4 bridgehead atoms. The van der Waals surface area contributed by atoms with Crippen molar-refractivity contribution in [2.24, 2.45) is 0 Å². The van der Waals surface area contributed by atoms with Crippen LogP contribution in [0.2, 0.25) is 0 Å². The molecule has 101 heavy (non-hydrogen) atoms. The minimum absolute atomic E-state index is 0.00522. The van der Waals surface area contributed by atoms with Crippen LogP contribution in [0.25, 0.3) is 12.2 Å². The number of hydrogen-bond acceptors (Lipinski definition) is 29. The number of Topliss-reactive ketones (excluding diaryl/α,β-unsaturated/α-hetero) is 2. The third-order valence-corrected chi connectivity index (χ3v) is 17.5. The van der Waals surface area contributed by atoms with Crippen LogP contribution in [-0.2, 0) is 51.0 Å². The van der Waals surface area contributed by atoms with Crippen molar-refractivity contribution in [3.63, 3.8) is 0 Å². The average Bonchev–Trinajstić information content (AvgIpc) is 0.997. The van der Waals surface area contributed by atoms with Crippen LogP contribution in [0.4, 0.5) is 0 Å². The predicted molar refractivity (Wildman–Crippen MR) is 357 cm³/mol. The molecule has 31 nitrogen and oxygen atoms in total. The third kappa shape index (κ3) is 22.7. The van der Waals surface area contributed by atoms with Crippen molar-refractivity contribution in [1.82, 2.24) is 21.3 Å². The molecule has 0 unspecified atom stereocenters. The number of phenols is 4. The van der Waals surface area contributed by atoms with Crippen molar-refractivity contribution in [3.8, 4) is 57.5 Å². The van der Waals surface area contributed by atoms with Gasteiger partial charge in [-0.3, -0.25) is 19.2 Å². The van der Waals surface area contributed by atoms with Gasteiger partial charge >= 0.3 is 0 Å². The number of aromatic hydroxyl groups is 4. The minimum Gasteiger partial charge on any atom is -0.504 e. The minimum atomic E-state index is -1.91. The van der Waals surface area contributed by atoms with Crippen molar-refractivity contribution in [3.05, 3.63) is 95.1 Å². The Morgan fingerprint density at radius 1 is 0.376 bits per heavy atom. The number of aryl methyl sites for hydroxylation is 2. The van der Waals surface area contributed by atoms with Crippen LogP contribution in [0.3, 0.4) is 0 Å². The number of carbonyl (C=O) groups is 4. The summed E-state index contributed by atoms with van der Waals surface area (Å²) in [4.78, 5) is 50.3. The summed E-state index contributed by atoms with van der Waals surface area (Å²) < 4.78 is 45.8. The topological polar surface area (TPSA) is 494 Å². The first-order valence-corrected chi connectivity index (χ1v) is 33.9. The summed E-state index contributed by atoms with van der Waals surface area (Å²) in [5.41, 5.74) is 1.83. The van der Waals surface area contributed by atoms with Crippen LogP contribution in [0.15, 0.2) is 72.8 Å². The lowest BCUT2D eigenvalue weighted by atomic mass is 9.97. The molecule has 4 aromatic rings. The molecule has 15 atom stereocenters. The summed E-state index contributed by atoms with van der Waals surface area (Å²) in [6.07, 6.45) is -11.3. The van der Waals surface area contributed by atoms with E-state index in [-0.39, 0.29) is 101 Å². The molecule has 4 aromatic carbocycles. The van der Waals surface area contributed by atoms with Gasteiger partial charge in [0.15, 0.2) is 52.3 Å². The fourth-order valence-electron chi connectivity index (χ4n) is 11.5. The molecule has 0 saturated carbocycles. The molecule has 556 valence electrons. The van der Waals surface area contributed by atoms with Gasteiger partial charge < -0.3 is 136 Å². The van der Waals surface area contributed by atoms with Gasteiger partial charge in [-0.05, 0) is 148 Å². The standard InChI is InChI=1S/C38H52N2O16.C32H42N2O11/c41-18-28-31(47)33(49)34(50)37(54-28)56-36-32(48)29(19-42)55-38(35(36)51)53-27-17-25-21(16-24(27)45)8-9-22(43)5-2-1-3-12-39-13-4-14-40-30(46)11-7-20-6-10-23(44)26(15-20)52-25;35-18-27-29(40)30(41)31(42)32(45-27)44-26-17-24-20(16-23(26)38)8-9-21(36)5-2-1-3-12-33-13-4-14-34-28(39)11-7-19-6-10-22(37)25(15-19)43-24/h6-7,10-11,15-17,28-29,31-39,41-42,44-45,47-51H,1-5,8-9,12-14,18-19H2,(H,40,46);6-7,10-11,15-17,27,29-33,35,37-38,40-42H,1-5,8-9,12-14,18H2,(H,34,39)/b2*11-7+/t28-,29-,31-,32-,33+,34-,35-,36+,37+,38-;27-,29-,30+,31-,32-/m11/s1. The molecule has 5 aliphatic rings. The summed E-state index contributed by atoms with van der Waals surface area (Å²) in [6.45, 7) is 1.85. The normalized spacial score (nSPS) is 29.7. The molecule has 9 rings (SSSR count). The first-order chi connectivity index (χ1) is 48.5. The number of ketones is 2. The van der Waals surface area contributed by atoms with Crippen LogP contribution < -0.4 is 40.2 Å². The number of amides is 2. The maximum atomic E-state index is 12.9. The quantitative estimate of drug-likeness (QED) is 0.107. The van der Waals surface area contributed by atoms with Crippen molar-refractivity contribution in [2.75, 3.05) is 59.1 Å². The Morgan fingerprint density at radius 3 is 1.23 bits per heavy atom. The Balaban J connectivity index is 0.000000263. The number of hydrogen-bond donors (Lipinski definition) is 19. The fraction of sp³-hybridized carbons (Fsp3) is 0.543. The van der Waals surface area contributed by atoms with Gasteiger partial charge in [0.05, 0.1) is 19.8 Å². The number of phenolic OH excluding ortho intramolecular Hbond substituents is 4. The van der Waals surface area contributed by atoms with Gasteiger partial charge in [-0.25, -0.2) is 0 Å². The SMILES string of the molecule is O=C1CCCCCNCCCNC(=O)/C=C/c2ccc(O)c(c2)Oc2cc(O[C@@H]3O[C@H](CO)[C@@H](O)[C@H](O)[C@H]3O)c(O)cc2CC1.O=C1CCCCCNCCCNC(=O)/C=C/c2ccc(O)c(c2)Oc2cc(O[C@@H]3O[C@H](CO)[C@@H](O)[C@H](O[C@@H]4O[C@H](CO)[C@@H](O)[C@H](O)[C@H]4O)[C@H]3O)c(O)cc2CC1. The summed E-state index contributed by atoms with van der Waals surface area (Å²) in [5, 5.41) is 168. The Bertz CT molecular complexity index is 3410. The van der Waals surface area contributed by atoms with Crippen LogP contribution in [-0.4, -0.2) is 251 Å². The Morgan fingerprint density at radius 2 is 0.782 bits per heavy atom. The number of aliphatic hydroxyl groups is 11. The molecule has 5 aliphatic heterocycles. The highest BCUT2D eigenvalue weighted by Crippen LogP contribution is 2.44. The Labute approximate surface area is 582 Å². The largest absolute Gasteiger partial charge is 0.504 e. The molecule has 5 heterocycles. The van der Waals surface area contributed by atoms with Crippen molar-refractivity contribution in [1.29, 1.82) is 0 Å². The van der Waals surface area contributed by atoms with Gasteiger partial charge in [-0.2, -0.15) is 0 Å². The van der Waals surface area contributed by atoms with Gasteiger partial charge in [-0.15, -0.1) is 0 Å². The van der Waals surface area contributed by atoms with Gasteiger partial charge in [0.1, 0.15) is 96.3 Å². The number of benzene rings is 4. The van der Waals surface area contributed by atoms with E-state index in [0.29, 0.717) is 54.6 Å². The zero-order valence-corrected chi connectivity index (χ0v) is 55.6. The van der Waals surface area contributed by atoms with Crippen molar-refractivity contribution < 1.29 is 134 Å². The highest BCUT2D eigenvalue weighted by molar-refractivity contribution is 5.92. The second-order valence-corrected chi connectivity index (χ2v) is 25.1. The predicted octanol–water partition coefficient (Wildman–Crippen LogP) is 0.331. The van der Waals surface area contributed by atoms with E-state index in [9.17, 15) is 95.8 Å². The highest BCUT2D eigenvalue weighted by atomic mass is 16.7. The molecule has 0 radical (unpaired) electrons. The Kier molecular flexibility index (Phi) is 30.6. The summed E-state index contributed by atoms with van der Waals surface area (Å²) in [5.74, 6) is -2.34. The van der Waals surface area contributed by atoms with E-state index in [0.717, 1.165) is 71.1 Å². The van der Waals surface area contributed by atoms with E-state index < -0.39 is 118 Å². The lowest BCUT2D eigenvalue weighted by molar-refractivity contribution is -0.352. The van der Waals surface area contributed by atoms with Crippen LogP contribution >= 0.6 is 0 Å². The molecule has 0 spiro atoms. The van der Waals surface area contributed by atoms with Gasteiger partial charge in [0, 0.05) is 63.1 Å². The molecule has 0 aliphatic carbocycles. The lowest BCUT2D eigenvalue weighted by Crippen LogP contribution is -2.65. The molecule has 3 fully saturated rings. The maximum absolute atomic E-state index is 12.9. The number of fused-ring (bicyclic) bond motifs is 6.